The number of ether oxygens (including phenoxy) is 1. The van der Waals surface area contributed by atoms with Crippen molar-refractivity contribution in [2.75, 3.05) is 6.61 Å². The maximum Gasteiger partial charge on any atom is 0.312 e. The lowest BCUT2D eigenvalue weighted by atomic mass is 10.3. The zero-order valence-electron chi connectivity index (χ0n) is 13.1. The van der Waals surface area contributed by atoms with Crippen molar-refractivity contribution in [3.8, 4) is 5.75 Å². The molecule has 7 nitrogen and oxygen atoms in total. The summed E-state index contributed by atoms with van der Waals surface area (Å²) >= 11 is 0. The van der Waals surface area contributed by atoms with Crippen molar-refractivity contribution in [3.63, 3.8) is 0 Å². The largest absolute Gasteiger partial charge is 0.506 e. The number of hydrogen-bond acceptors (Lipinski definition) is 6. The summed E-state index contributed by atoms with van der Waals surface area (Å²) in [6.07, 6.45) is 1.79. The minimum atomic E-state index is -0.375. The molecule has 0 saturated heterocycles. The fourth-order valence-corrected chi connectivity index (χ4v) is 2.25. The summed E-state index contributed by atoms with van der Waals surface area (Å²) in [5.41, 5.74) is 1.47. The van der Waals surface area contributed by atoms with Crippen LogP contribution in [0.4, 0.5) is 11.5 Å². The maximum atomic E-state index is 11.8. The van der Waals surface area contributed by atoms with E-state index in [9.17, 15) is 9.90 Å². The van der Waals surface area contributed by atoms with Crippen LogP contribution in [-0.4, -0.2) is 27.1 Å². The first-order valence-electron chi connectivity index (χ1n) is 7.50. The van der Waals surface area contributed by atoms with Gasteiger partial charge in [0.05, 0.1) is 18.7 Å². The molecule has 0 aliphatic rings. The average Bonchev–Trinajstić information content (AvgIpc) is 2.91. The van der Waals surface area contributed by atoms with Gasteiger partial charge in [0, 0.05) is 6.20 Å². The van der Waals surface area contributed by atoms with Crippen molar-refractivity contribution in [1.29, 1.82) is 0 Å². The fraction of sp³-hybridized carbons (Fsp3) is 0.176. The molecule has 2 heterocycles. The second-order valence-corrected chi connectivity index (χ2v) is 4.98. The molecular formula is C17H16N4O3. The van der Waals surface area contributed by atoms with Gasteiger partial charge >= 0.3 is 5.97 Å². The Morgan fingerprint density at radius 2 is 2.00 bits per heavy atom. The summed E-state index contributed by atoms with van der Waals surface area (Å²) in [5, 5.41) is 18.1. The van der Waals surface area contributed by atoms with Crippen LogP contribution < -0.4 is 0 Å². The number of aromatic nitrogens is 2. The number of rotatable bonds is 5. The van der Waals surface area contributed by atoms with E-state index in [1.807, 2.05) is 18.2 Å². The van der Waals surface area contributed by atoms with Crippen molar-refractivity contribution in [3.05, 3.63) is 54.4 Å². The third-order valence-electron chi connectivity index (χ3n) is 3.33. The Hall–Kier alpha value is -3.22. The summed E-state index contributed by atoms with van der Waals surface area (Å²) in [6.45, 7) is 2.06. The van der Waals surface area contributed by atoms with Crippen LogP contribution in [-0.2, 0) is 16.0 Å². The number of imidazole rings is 1. The standard InChI is InChI=1S/C17H16N4O3/c1-2-24-16(23)11-13-17(21-10-6-5-9-15(21)18-13)20-19-12-7-3-4-8-14(12)22/h3-10,22H,2,11H2,1H3. The molecule has 0 radical (unpaired) electrons. The highest BCUT2D eigenvalue weighted by Gasteiger charge is 2.16. The van der Waals surface area contributed by atoms with Gasteiger partial charge in [-0.15, -0.1) is 10.2 Å². The lowest BCUT2D eigenvalue weighted by molar-refractivity contribution is -0.142. The third kappa shape index (κ3) is 3.24. The zero-order chi connectivity index (χ0) is 16.9. The number of aromatic hydroxyl groups is 1. The lowest BCUT2D eigenvalue weighted by Crippen LogP contribution is -2.07. The van der Waals surface area contributed by atoms with E-state index >= 15 is 0 Å². The van der Waals surface area contributed by atoms with Gasteiger partial charge in [-0.2, -0.15) is 0 Å². The van der Waals surface area contributed by atoms with Gasteiger partial charge in [-0.1, -0.05) is 18.2 Å². The minimum absolute atomic E-state index is 0.00461. The third-order valence-corrected chi connectivity index (χ3v) is 3.33. The Labute approximate surface area is 138 Å². The second-order valence-electron chi connectivity index (χ2n) is 4.98. The highest BCUT2D eigenvalue weighted by atomic mass is 16.5. The number of carbonyl (C=O) groups is 1. The van der Waals surface area contributed by atoms with Gasteiger partial charge in [0.2, 0.25) is 0 Å². The molecule has 122 valence electrons. The van der Waals surface area contributed by atoms with E-state index in [0.717, 1.165) is 0 Å². The number of phenolic OH excluding ortho intramolecular Hbond substituents is 1. The van der Waals surface area contributed by atoms with Crippen LogP contribution in [0.15, 0.2) is 58.9 Å². The Bertz CT molecular complexity index is 902. The number of para-hydroxylation sites is 1. The van der Waals surface area contributed by atoms with Gasteiger partial charge in [-0.3, -0.25) is 9.20 Å². The van der Waals surface area contributed by atoms with E-state index < -0.39 is 0 Å². The van der Waals surface area contributed by atoms with Crippen molar-refractivity contribution in [1.82, 2.24) is 9.38 Å². The first-order chi connectivity index (χ1) is 11.7. The SMILES string of the molecule is CCOC(=O)Cc1nc2ccccn2c1N=Nc1ccccc1O. The van der Waals surface area contributed by atoms with Gasteiger partial charge in [0.1, 0.15) is 17.1 Å². The topological polar surface area (TPSA) is 88.5 Å². The Morgan fingerprint density at radius 3 is 2.79 bits per heavy atom. The van der Waals surface area contributed by atoms with E-state index in [4.69, 9.17) is 4.74 Å². The van der Waals surface area contributed by atoms with Crippen molar-refractivity contribution < 1.29 is 14.6 Å². The molecule has 0 bridgehead atoms. The first kappa shape index (κ1) is 15.7. The van der Waals surface area contributed by atoms with Crippen LogP contribution in [0.5, 0.6) is 5.75 Å². The molecule has 3 aromatic rings. The second kappa shape index (κ2) is 6.91. The Morgan fingerprint density at radius 1 is 1.21 bits per heavy atom. The van der Waals surface area contributed by atoms with Crippen molar-refractivity contribution >= 4 is 23.1 Å². The van der Waals surface area contributed by atoms with Crippen LogP contribution in [0, 0.1) is 0 Å². The molecule has 1 aromatic carbocycles. The molecule has 2 aromatic heterocycles. The number of nitrogens with zero attached hydrogens (tertiary/aromatic N) is 4. The number of pyridine rings is 1. The number of hydrogen-bond donors (Lipinski definition) is 1. The molecule has 3 rings (SSSR count). The van der Waals surface area contributed by atoms with Crippen LogP contribution in [0.2, 0.25) is 0 Å². The molecular weight excluding hydrogens is 308 g/mol. The summed E-state index contributed by atoms with van der Waals surface area (Å²) in [6, 6.07) is 12.1. The number of phenols is 1. The summed E-state index contributed by atoms with van der Waals surface area (Å²) in [4.78, 5) is 16.2. The predicted molar refractivity (Wildman–Crippen MR) is 87.8 cm³/mol. The summed E-state index contributed by atoms with van der Waals surface area (Å²) in [5.74, 6) is 0.0869. The lowest BCUT2D eigenvalue weighted by Gasteiger charge is -2.01. The number of carbonyl (C=O) groups excluding carboxylic acids is 1. The van der Waals surface area contributed by atoms with E-state index in [0.29, 0.717) is 29.5 Å². The van der Waals surface area contributed by atoms with Gasteiger partial charge in [-0.05, 0) is 31.2 Å². The van der Waals surface area contributed by atoms with Gasteiger partial charge in [0.25, 0.3) is 0 Å². The fourth-order valence-electron chi connectivity index (χ4n) is 2.25. The quantitative estimate of drug-likeness (QED) is 0.574. The zero-order valence-corrected chi connectivity index (χ0v) is 13.1. The highest BCUT2D eigenvalue weighted by molar-refractivity contribution is 5.74. The molecule has 7 heteroatoms. The van der Waals surface area contributed by atoms with E-state index in [1.54, 1.807) is 35.7 Å². The monoisotopic (exact) mass is 324 g/mol. The predicted octanol–water partition coefficient (Wildman–Crippen LogP) is 3.56. The number of fused-ring (bicyclic) bond motifs is 1. The first-order valence-corrected chi connectivity index (χ1v) is 7.50. The summed E-state index contributed by atoms with van der Waals surface area (Å²) < 4.78 is 6.71. The Balaban J connectivity index is 2.01. The van der Waals surface area contributed by atoms with E-state index in [1.165, 1.54) is 6.07 Å². The Kier molecular flexibility index (Phi) is 4.51. The van der Waals surface area contributed by atoms with E-state index in [-0.39, 0.29) is 18.1 Å². The van der Waals surface area contributed by atoms with Gasteiger partial charge < -0.3 is 9.84 Å². The molecule has 24 heavy (non-hydrogen) atoms. The van der Waals surface area contributed by atoms with Crippen LogP contribution in [0.3, 0.4) is 0 Å². The molecule has 0 fully saturated rings. The van der Waals surface area contributed by atoms with E-state index in [2.05, 4.69) is 15.2 Å². The van der Waals surface area contributed by atoms with Gasteiger partial charge in [-0.25, -0.2) is 4.98 Å². The van der Waals surface area contributed by atoms with Crippen LogP contribution in [0.1, 0.15) is 12.6 Å². The minimum Gasteiger partial charge on any atom is -0.506 e. The molecule has 1 N–H and O–H groups in total. The highest BCUT2D eigenvalue weighted by Crippen LogP contribution is 2.29. The molecule has 0 amide bonds. The number of esters is 1. The summed E-state index contributed by atoms with van der Waals surface area (Å²) in [7, 11) is 0. The average molecular weight is 324 g/mol. The van der Waals surface area contributed by atoms with Crippen molar-refractivity contribution in [2.24, 2.45) is 10.2 Å². The van der Waals surface area contributed by atoms with Crippen LogP contribution in [0.25, 0.3) is 5.65 Å². The molecule has 0 saturated carbocycles. The normalized spacial score (nSPS) is 11.2. The molecule has 0 aliphatic heterocycles. The number of benzene rings is 1. The molecule has 0 atom stereocenters. The smallest absolute Gasteiger partial charge is 0.312 e. The molecule has 0 unspecified atom stereocenters. The number of azo groups is 1. The van der Waals surface area contributed by atoms with Crippen LogP contribution >= 0.6 is 0 Å². The van der Waals surface area contributed by atoms with Gasteiger partial charge in [0.15, 0.2) is 5.82 Å². The maximum absolute atomic E-state index is 11.8. The molecule has 0 spiro atoms. The molecule has 0 aliphatic carbocycles. The van der Waals surface area contributed by atoms with Crippen molar-refractivity contribution in [2.45, 2.75) is 13.3 Å².